The summed E-state index contributed by atoms with van der Waals surface area (Å²) >= 11 is 1.81. The highest BCUT2D eigenvalue weighted by molar-refractivity contribution is 7.11. The minimum Gasteiger partial charge on any atom is -0.368 e. The van der Waals surface area contributed by atoms with Crippen molar-refractivity contribution < 1.29 is 0 Å². The minimum atomic E-state index is 1.09. The van der Waals surface area contributed by atoms with Gasteiger partial charge in [0, 0.05) is 42.3 Å². The summed E-state index contributed by atoms with van der Waals surface area (Å²) in [5.41, 5.74) is 6.37. The maximum atomic E-state index is 4.37. The molecule has 0 unspecified atom stereocenters. The van der Waals surface area contributed by atoms with Crippen LogP contribution in [-0.4, -0.2) is 43.0 Å². The van der Waals surface area contributed by atoms with Gasteiger partial charge >= 0.3 is 0 Å². The highest BCUT2D eigenvalue weighted by atomic mass is 32.1. The van der Waals surface area contributed by atoms with E-state index in [4.69, 9.17) is 0 Å². The Morgan fingerprint density at radius 2 is 1.68 bits per heavy atom. The van der Waals surface area contributed by atoms with E-state index >= 15 is 0 Å². The number of nitrogens with zero attached hydrogens (tertiary/aromatic N) is 2. The van der Waals surface area contributed by atoms with Crippen LogP contribution in [0.1, 0.15) is 21.6 Å². The molecule has 0 radical (unpaired) electrons. The fourth-order valence-corrected chi connectivity index (χ4v) is 4.16. The topological polar surface area (TPSA) is 6.48 Å². The van der Waals surface area contributed by atoms with Gasteiger partial charge in [-0.2, -0.15) is 0 Å². The van der Waals surface area contributed by atoms with Crippen LogP contribution >= 0.6 is 11.3 Å². The Balaban J connectivity index is 1.85. The van der Waals surface area contributed by atoms with E-state index in [1.54, 1.807) is 0 Å². The standard InChI is InChI=1S/C19H20N2S/c1-14-15-5-3-4-6-17(15)18(13-19-16(14)7-12-22-19)21-10-8-20(2)9-11-21/h3-7,12-13H,1,8-11H2,2H3. The molecule has 2 nitrogen and oxygen atoms in total. The number of hydrogen-bond donors (Lipinski definition) is 0. The molecule has 1 aliphatic carbocycles. The van der Waals surface area contributed by atoms with Crippen molar-refractivity contribution in [3.05, 3.63) is 63.9 Å². The zero-order valence-electron chi connectivity index (χ0n) is 12.9. The summed E-state index contributed by atoms with van der Waals surface area (Å²) in [6.07, 6.45) is 2.36. The first-order valence-electron chi connectivity index (χ1n) is 7.76. The van der Waals surface area contributed by atoms with Gasteiger partial charge in [-0.05, 0) is 41.3 Å². The molecule has 1 saturated heterocycles. The maximum absolute atomic E-state index is 4.37. The zero-order valence-corrected chi connectivity index (χ0v) is 13.7. The zero-order chi connectivity index (χ0) is 15.1. The van der Waals surface area contributed by atoms with Gasteiger partial charge in [0.15, 0.2) is 0 Å². The van der Waals surface area contributed by atoms with Crippen molar-refractivity contribution >= 4 is 28.7 Å². The molecule has 112 valence electrons. The third-order valence-electron chi connectivity index (χ3n) is 4.66. The van der Waals surface area contributed by atoms with E-state index in [0.717, 1.165) is 31.8 Å². The van der Waals surface area contributed by atoms with Crippen molar-refractivity contribution in [3.63, 3.8) is 0 Å². The SMILES string of the molecule is C=C1c2ccccc2C(N2CCN(C)CC2)=Cc2sccc21. The number of hydrogen-bond acceptors (Lipinski definition) is 3. The van der Waals surface area contributed by atoms with Gasteiger partial charge in [-0.3, -0.25) is 0 Å². The number of thiophene rings is 1. The van der Waals surface area contributed by atoms with Crippen LogP contribution in [0.4, 0.5) is 0 Å². The van der Waals surface area contributed by atoms with E-state index in [1.807, 2.05) is 11.3 Å². The third-order valence-corrected chi connectivity index (χ3v) is 5.52. The van der Waals surface area contributed by atoms with E-state index in [0.29, 0.717) is 0 Å². The second kappa shape index (κ2) is 5.41. The lowest BCUT2D eigenvalue weighted by molar-refractivity contribution is 0.208. The van der Waals surface area contributed by atoms with Crippen LogP contribution in [-0.2, 0) is 0 Å². The molecule has 1 aromatic carbocycles. The second-order valence-electron chi connectivity index (χ2n) is 6.04. The minimum absolute atomic E-state index is 1.09. The smallest absolute Gasteiger partial charge is 0.0461 e. The van der Waals surface area contributed by atoms with Crippen molar-refractivity contribution in [1.29, 1.82) is 0 Å². The average Bonchev–Trinajstić information content (AvgIpc) is 2.97. The van der Waals surface area contributed by atoms with Crippen LogP contribution < -0.4 is 0 Å². The van der Waals surface area contributed by atoms with Crippen molar-refractivity contribution in [2.75, 3.05) is 33.2 Å². The monoisotopic (exact) mass is 308 g/mol. The average molecular weight is 308 g/mol. The molecule has 0 bridgehead atoms. The van der Waals surface area contributed by atoms with Crippen molar-refractivity contribution in [1.82, 2.24) is 9.80 Å². The van der Waals surface area contributed by atoms with Gasteiger partial charge in [-0.15, -0.1) is 11.3 Å². The molecule has 0 atom stereocenters. The van der Waals surface area contributed by atoms with E-state index in [2.05, 4.69) is 65.2 Å². The molecular weight excluding hydrogens is 288 g/mol. The first kappa shape index (κ1) is 13.8. The molecule has 2 heterocycles. The van der Waals surface area contributed by atoms with Crippen LogP contribution in [0.2, 0.25) is 0 Å². The van der Waals surface area contributed by atoms with Crippen molar-refractivity contribution in [3.8, 4) is 0 Å². The van der Waals surface area contributed by atoms with Gasteiger partial charge < -0.3 is 9.80 Å². The first-order chi connectivity index (χ1) is 10.7. The Bertz CT molecular complexity index is 748. The number of likely N-dealkylation sites (N-methyl/N-ethyl adjacent to an activating group) is 1. The summed E-state index contributed by atoms with van der Waals surface area (Å²) in [5.74, 6) is 0. The molecule has 0 saturated carbocycles. The summed E-state index contributed by atoms with van der Waals surface area (Å²) in [4.78, 5) is 6.26. The molecule has 1 aromatic heterocycles. The van der Waals surface area contributed by atoms with Crippen LogP contribution in [0.3, 0.4) is 0 Å². The van der Waals surface area contributed by atoms with E-state index in [9.17, 15) is 0 Å². The van der Waals surface area contributed by atoms with Crippen LogP contribution in [0.5, 0.6) is 0 Å². The number of fused-ring (bicyclic) bond motifs is 2. The second-order valence-corrected chi connectivity index (χ2v) is 6.99. The largest absolute Gasteiger partial charge is 0.368 e. The van der Waals surface area contributed by atoms with Crippen molar-refractivity contribution in [2.45, 2.75) is 0 Å². The lowest BCUT2D eigenvalue weighted by Crippen LogP contribution is -2.43. The maximum Gasteiger partial charge on any atom is 0.0461 e. The Labute approximate surface area is 136 Å². The normalized spacial score (nSPS) is 18.5. The lowest BCUT2D eigenvalue weighted by atomic mass is 9.96. The fraction of sp³-hybridized carbons (Fsp3) is 0.263. The molecule has 1 aliphatic heterocycles. The van der Waals surface area contributed by atoms with Gasteiger partial charge in [0.2, 0.25) is 0 Å². The predicted octanol–water partition coefficient (Wildman–Crippen LogP) is 3.87. The van der Waals surface area contributed by atoms with Gasteiger partial charge in [0.05, 0.1) is 0 Å². The lowest BCUT2D eigenvalue weighted by Gasteiger charge is -2.36. The first-order valence-corrected chi connectivity index (χ1v) is 8.64. The third kappa shape index (κ3) is 2.21. The van der Waals surface area contributed by atoms with Gasteiger partial charge in [0.1, 0.15) is 0 Å². The highest BCUT2D eigenvalue weighted by Gasteiger charge is 2.24. The molecule has 3 heteroatoms. The fourth-order valence-electron chi connectivity index (χ4n) is 3.31. The van der Waals surface area contributed by atoms with Crippen molar-refractivity contribution in [2.24, 2.45) is 0 Å². The van der Waals surface area contributed by atoms with E-state index in [1.165, 1.54) is 27.3 Å². The van der Waals surface area contributed by atoms with Gasteiger partial charge in [-0.25, -0.2) is 0 Å². The summed E-state index contributed by atoms with van der Waals surface area (Å²) in [5, 5.41) is 2.17. The van der Waals surface area contributed by atoms with Crippen LogP contribution in [0, 0.1) is 0 Å². The number of piperazine rings is 1. The van der Waals surface area contributed by atoms with E-state index in [-0.39, 0.29) is 0 Å². The molecule has 2 aromatic rings. The Hall–Kier alpha value is -1.84. The molecule has 0 spiro atoms. The predicted molar refractivity (Wildman–Crippen MR) is 95.8 cm³/mol. The van der Waals surface area contributed by atoms with Crippen LogP contribution in [0.25, 0.3) is 17.3 Å². The van der Waals surface area contributed by atoms with E-state index < -0.39 is 0 Å². The molecule has 2 aliphatic rings. The molecule has 4 rings (SSSR count). The molecule has 0 N–H and O–H groups in total. The van der Waals surface area contributed by atoms with Gasteiger partial charge in [0.25, 0.3) is 0 Å². The molecular formula is C19H20N2S. The Kier molecular flexibility index (Phi) is 3.40. The summed E-state index contributed by atoms with van der Waals surface area (Å²) in [6.45, 7) is 8.79. The Morgan fingerprint density at radius 1 is 0.955 bits per heavy atom. The Morgan fingerprint density at radius 3 is 2.45 bits per heavy atom. The summed E-state index contributed by atoms with van der Waals surface area (Å²) in [6, 6.07) is 10.9. The molecule has 0 amide bonds. The highest BCUT2D eigenvalue weighted by Crippen LogP contribution is 2.39. The summed E-state index contributed by atoms with van der Waals surface area (Å²) < 4.78 is 0. The molecule has 22 heavy (non-hydrogen) atoms. The van der Waals surface area contributed by atoms with Crippen LogP contribution in [0.15, 0.2) is 42.3 Å². The number of benzene rings is 1. The number of rotatable bonds is 1. The quantitative estimate of drug-likeness (QED) is 0.789. The summed E-state index contributed by atoms with van der Waals surface area (Å²) in [7, 11) is 2.20. The molecule has 1 fully saturated rings. The van der Waals surface area contributed by atoms with Gasteiger partial charge in [-0.1, -0.05) is 30.8 Å².